The van der Waals surface area contributed by atoms with Gasteiger partial charge in [-0.3, -0.25) is 4.79 Å². The van der Waals surface area contributed by atoms with Crippen molar-refractivity contribution in [2.75, 3.05) is 0 Å². The Morgan fingerprint density at radius 1 is 1.21 bits per heavy atom. The van der Waals surface area contributed by atoms with E-state index >= 15 is 0 Å². The van der Waals surface area contributed by atoms with Gasteiger partial charge in [-0.05, 0) is 17.9 Å². The van der Waals surface area contributed by atoms with Crippen LogP contribution in [0, 0.1) is 5.92 Å². The molecule has 0 N–H and O–H groups in total. The third-order valence-electron chi connectivity index (χ3n) is 2.17. The smallest absolute Gasteiger partial charge is 0.133 e. The second-order valence-electron chi connectivity index (χ2n) is 4.12. The second-order valence-corrected chi connectivity index (χ2v) is 4.12. The monoisotopic (exact) mass is 190 g/mol. The highest BCUT2D eigenvalue weighted by atomic mass is 16.1. The fraction of sp³-hybridized carbons (Fsp3) is 0.462. The third-order valence-corrected chi connectivity index (χ3v) is 2.17. The van der Waals surface area contributed by atoms with Crippen LogP contribution >= 0.6 is 0 Å². The molecule has 0 saturated heterocycles. The van der Waals surface area contributed by atoms with Crippen molar-refractivity contribution in [2.24, 2.45) is 5.92 Å². The van der Waals surface area contributed by atoms with Crippen LogP contribution in [0.25, 0.3) is 0 Å². The molecule has 1 heteroatoms. The topological polar surface area (TPSA) is 17.1 Å². The normalized spacial score (nSPS) is 10.5. The van der Waals surface area contributed by atoms with E-state index in [1.165, 1.54) is 5.56 Å². The van der Waals surface area contributed by atoms with Gasteiger partial charge in [0.2, 0.25) is 0 Å². The van der Waals surface area contributed by atoms with E-state index in [4.69, 9.17) is 0 Å². The van der Waals surface area contributed by atoms with Crippen molar-refractivity contribution in [2.45, 2.75) is 33.1 Å². The van der Waals surface area contributed by atoms with Crippen LogP contribution < -0.4 is 0 Å². The Hall–Kier alpha value is -1.11. The predicted octanol–water partition coefficient (Wildman–Crippen LogP) is 3.23. The van der Waals surface area contributed by atoms with Crippen molar-refractivity contribution in [3.63, 3.8) is 0 Å². The molecule has 0 unspecified atom stereocenters. The summed E-state index contributed by atoms with van der Waals surface area (Å²) in [6.07, 6.45) is 2.28. The Kier molecular flexibility index (Phi) is 4.37. The minimum atomic E-state index is 0.379. The van der Waals surface area contributed by atoms with Crippen molar-refractivity contribution in [3.8, 4) is 0 Å². The number of hydrogen-bond donors (Lipinski definition) is 0. The van der Waals surface area contributed by atoms with Crippen LogP contribution in [0.4, 0.5) is 0 Å². The first-order valence-electron chi connectivity index (χ1n) is 5.24. The van der Waals surface area contributed by atoms with Crippen LogP contribution in [0.15, 0.2) is 30.3 Å². The van der Waals surface area contributed by atoms with Gasteiger partial charge in [-0.15, -0.1) is 0 Å². The van der Waals surface area contributed by atoms with E-state index in [0.29, 0.717) is 24.5 Å². The van der Waals surface area contributed by atoms with Gasteiger partial charge in [0, 0.05) is 12.8 Å². The molecule has 0 aliphatic rings. The van der Waals surface area contributed by atoms with Crippen LogP contribution in [0.2, 0.25) is 0 Å². The Morgan fingerprint density at radius 2 is 1.86 bits per heavy atom. The van der Waals surface area contributed by atoms with Crippen molar-refractivity contribution in [1.82, 2.24) is 0 Å². The molecule has 14 heavy (non-hydrogen) atoms. The van der Waals surface area contributed by atoms with E-state index in [-0.39, 0.29) is 0 Å². The average molecular weight is 190 g/mol. The molecule has 0 radical (unpaired) electrons. The quantitative estimate of drug-likeness (QED) is 0.696. The van der Waals surface area contributed by atoms with Crippen molar-refractivity contribution in [3.05, 3.63) is 35.9 Å². The van der Waals surface area contributed by atoms with Gasteiger partial charge in [0.15, 0.2) is 0 Å². The molecule has 0 aliphatic heterocycles. The summed E-state index contributed by atoms with van der Waals surface area (Å²) in [5, 5.41) is 0. The summed E-state index contributed by atoms with van der Waals surface area (Å²) in [5.74, 6) is 0.863. The molecular weight excluding hydrogens is 172 g/mol. The first-order valence-corrected chi connectivity index (χ1v) is 5.24. The summed E-state index contributed by atoms with van der Waals surface area (Å²) in [4.78, 5) is 11.4. The van der Waals surface area contributed by atoms with Crippen LogP contribution in [-0.2, 0) is 11.2 Å². The molecule has 0 spiro atoms. The molecule has 0 atom stereocenters. The van der Waals surface area contributed by atoms with Crippen molar-refractivity contribution in [1.29, 1.82) is 0 Å². The summed E-state index contributed by atoms with van der Waals surface area (Å²) >= 11 is 0. The highest BCUT2D eigenvalue weighted by molar-refractivity contribution is 5.78. The molecule has 76 valence electrons. The number of aryl methyl sites for hydroxylation is 1. The summed E-state index contributed by atoms with van der Waals surface area (Å²) in [5.41, 5.74) is 1.25. The van der Waals surface area contributed by atoms with Crippen LogP contribution in [-0.4, -0.2) is 5.78 Å². The van der Waals surface area contributed by atoms with Gasteiger partial charge in [-0.25, -0.2) is 0 Å². The van der Waals surface area contributed by atoms with Gasteiger partial charge < -0.3 is 0 Å². The largest absolute Gasteiger partial charge is 0.300 e. The van der Waals surface area contributed by atoms with E-state index < -0.39 is 0 Å². The maximum atomic E-state index is 11.4. The summed E-state index contributed by atoms with van der Waals surface area (Å²) < 4.78 is 0. The lowest BCUT2D eigenvalue weighted by atomic mass is 10.0. The molecule has 1 aromatic carbocycles. The Morgan fingerprint density at radius 3 is 2.43 bits per heavy atom. The van der Waals surface area contributed by atoms with Gasteiger partial charge in [0.1, 0.15) is 5.78 Å². The van der Waals surface area contributed by atoms with E-state index in [0.717, 1.165) is 6.42 Å². The first kappa shape index (κ1) is 11.0. The average Bonchev–Trinajstić information content (AvgIpc) is 2.15. The SMILES string of the molecule is CC(C)CC(=O)CCc1ccccc1. The molecule has 0 bridgehead atoms. The van der Waals surface area contributed by atoms with Crippen LogP contribution in [0.1, 0.15) is 32.3 Å². The number of carbonyl (C=O) groups is 1. The highest BCUT2D eigenvalue weighted by Gasteiger charge is 2.04. The minimum Gasteiger partial charge on any atom is -0.300 e. The summed E-state index contributed by atoms with van der Waals surface area (Å²) in [6.45, 7) is 4.17. The number of benzene rings is 1. The highest BCUT2D eigenvalue weighted by Crippen LogP contribution is 2.07. The lowest BCUT2D eigenvalue weighted by molar-refractivity contribution is -0.119. The van der Waals surface area contributed by atoms with E-state index in [9.17, 15) is 4.79 Å². The van der Waals surface area contributed by atoms with Crippen LogP contribution in [0.5, 0.6) is 0 Å². The zero-order valence-electron chi connectivity index (χ0n) is 8.99. The third kappa shape index (κ3) is 4.22. The Balaban J connectivity index is 2.31. The molecule has 0 amide bonds. The Labute approximate surface area is 86.1 Å². The lowest BCUT2D eigenvalue weighted by Gasteiger charge is -2.03. The number of hydrogen-bond acceptors (Lipinski definition) is 1. The van der Waals surface area contributed by atoms with Crippen LogP contribution in [0.3, 0.4) is 0 Å². The molecular formula is C13H18O. The van der Waals surface area contributed by atoms with E-state index in [2.05, 4.69) is 26.0 Å². The molecule has 0 fully saturated rings. The molecule has 0 saturated carbocycles. The number of Topliss-reactive ketones (excluding diaryl/α,β-unsaturated/α-hetero) is 1. The van der Waals surface area contributed by atoms with E-state index in [1.54, 1.807) is 0 Å². The minimum absolute atomic E-state index is 0.379. The maximum Gasteiger partial charge on any atom is 0.133 e. The first-order chi connectivity index (χ1) is 6.68. The molecule has 0 aromatic heterocycles. The molecule has 0 heterocycles. The molecule has 0 aliphatic carbocycles. The van der Waals surface area contributed by atoms with E-state index in [1.807, 2.05) is 18.2 Å². The number of carbonyl (C=O) groups excluding carboxylic acids is 1. The van der Waals surface area contributed by atoms with Crippen molar-refractivity contribution >= 4 is 5.78 Å². The summed E-state index contributed by atoms with van der Waals surface area (Å²) in [6, 6.07) is 10.2. The number of ketones is 1. The fourth-order valence-corrected chi connectivity index (χ4v) is 1.49. The molecule has 1 aromatic rings. The van der Waals surface area contributed by atoms with Gasteiger partial charge in [0.05, 0.1) is 0 Å². The van der Waals surface area contributed by atoms with Gasteiger partial charge in [-0.1, -0.05) is 44.2 Å². The fourth-order valence-electron chi connectivity index (χ4n) is 1.49. The number of rotatable bonds is 5. The van der Waals surface area contributed by atoms with Gasteiger partial charge in [-0.2, -0.15) is 0 Å². The Bertz CT molecular complexity index is 275. The second kappa shape index (κ2) is 5.58. The van der Waals surface area contributed by atoms with Gasteiger partial charge in [0.25, 0.3) is 0 Å². The lowest BCUT2D eigenvalue weighted by Crippen LogP contribution is -2.03. The van der Waals surface area contributed by atoms with Crippen molar-refractivity contribution < 1.29 is 4.79 Å². The predicted molar refractivity (Wildman–Crippen MR) is 59.2 cm³/mol. The maximum absolute atomic E-state index is 11.4. The molecule has 1 rings (SSSR count). The zero-order valence-corrected chi connectivity index (χ0v) is 8.99. The zero-order chi connectivity index (χ0) is 10.4. The summed E-state index contributed by atoms with van der Waals surface area (Å²) in [7, 11) is 0. The molecule has 1 nitrogen and oxygen atoms in total. The van der Waals surface area contributed by atoms with Gasteiger partial charge >= 0.3 is 0 Å². The standard InChI is InChI=1S/C13H18O/c1-11(2)10-13(14)9-8-12-6-4-3-5-7-12/h3-7,11H,8-10H2,1-2H3.